The number of anilines is 1. The zero-order valence-electron chi connectivity index (χ0n) is 13.5. The summed E-state index contributed by atoms with van der Waals surface area (Å²) in [7, 11) is 4.31. The molecule has 1 aliphatic heterocycles. The van der Waals surface area contributed by atoms with Crippen molar-refractivity contribution in [3.63, 3.8) is 0 Å². The number of benzene rings is 1. The van der Waals surface area contributed by atoms with Crippen LogP contribution in [-0.4, -0.2) is 44.7 Å². The van der Waals surface area contributed by atoms with E-state index in [1.54, 1.807) is 0 Å². The van der Waals surface area contributed by atoms with Crippen LogP contribution in [0.3, 0.4) is 0 Å². The van der Waals surface area contributed by atoms with Crippen molar-refractivity contribution in [2.45, 2.75) is 32.2 Å². The molecule has 1 aromatic rings. The number of piperidine rings is 1. The Labute approximate surface area is 134 Å². The number of nitrogens with zero attached hydrogens (tertiary/aromatic N) is 2. The third-order valence-electron chi connectivity index (χ3n) is 4.17. The Balaban J connectivity index is 2.06. The first-order valence-corrected chi connectivity index (χ1v) is 8.27. The number of rotatable bonds is 5. The Kier molecular flexibility index (Phi) is 5.91. The minimum absolute atomic E-state index is 0.177. The van der Waals surface area contributed by atoms with Crippen LogP contribution in [-0.2, 0) is 6.42 Å². The van der Waals surface area contributed by atoms with Gasteiger partial charge in [-0.25, -0.2) is 0 Å². The van der Waals surface area contributed by atoms with E-state index >= 15 is 0 Å². The molecule has 1 fully saturated rings. The first kappa shape index (κ1) is 16.6. The van der Waals surface area contributed by atoms with Gasteiger partial charge in [-0.1, -0.05) is 17.7 Å². The number of halogens is 1. The van der Waals surface area contributed by atoms with E-state index in [9.17, 15) is 0 Å². The Morgan fingerprint density at radius 2 is 2.00 bits per heavy atom. The molecule has 118 valence electrons. The summed E-state index contributed by atoms with van der Waals surface area (Å²) in [5.41, 5.74) is 8.58. The van der Waals surface area contributed by atoms with Crippen molar-refractivity contribution >= 4 is 17.3 Å². The molecular weight excluding hydrogens is 282 g/mol. The molecule has 1 saturated heterocycles. The van der Waals surface area contributed by atoms with Crippen molar-refractivity contribution in [3.8, 4) is 0 Å². The number of hydrogen-bond donors (Lipinski definition) is 1. The van der Waals surface area contributed by atoms with Gasteiger partial charge in [0.2, 0.25) is 0 Å². The van der Waals surface area contributed by atoms with Gasteiger partial charge in [0.05, 0.1) is 0 Å². The molecule has 1 unspecified atom stereocenters. The highest BCUT2D eigenvalue weighted by Crippen LogP contribution is 2.30. The molecule has 0 aliphatic carbocycles. The van der Waals surface area contributed by atoms with E-state index in [-0.39, 0.29) is 6.04 Å². The lowest BCUT2D eigenvalue weighted by molar-refractivity contribution is 0.285. The fourth-order valence-corrected chi connectivity index (χ4v) is 3.39. The van der Waals surface area contributed by atoms with Gasteiger partial charge in [0, 0.05) is 36.4 Å². The summed E-state index contributed by atoms with van der Waals surface area (Å²) in [6.07, 6.45) is 3.41. The van der Waals surface area contributed by atoms with Crippen molar-refractivity contribution in [1.82, 2.24) is 4.90 Å². The predicted molar refractivity (Wildman–Crippen MR) is 92.3 cm³/mol. The first-order chi connectivity index (χ1) is 9.95. The van der Waals surface area contributed by atoms with Crippen LogP contribution < -0.4 is 10.6 Å². The van der Waals surface area contributed by atoms with E-state index in [4.69, 9.17) is 17.3 Å². The normalized spacial score (nSPS) is 18.3. The monoisotopic (exact) mass is 309 g/mol. The van der Waals surface area contributed by atoms with E-state index in [2.05, 4.69) is 43.0 Å². The Bertz CT molecular complexity index is 451. The van der Waals surface area contributed by atoms with Gasteiger partial charge in [-0.05, 0) is 63.9 Å². The fraction of sp³-hybridized carbons (Fsp3) is 0.647. The largest absolute Gasteiger partial charge is 0.371 e. The zero-order valence-corrected chi connectivity index (χ0v) is 14.2. The smallest absolute Gasteiger partial charge is 0.0426 e. The number of hydrogen-bond acceptors (Lipinski definition) is 3. The van der Waals surface area contributed by atoms with E-state index in [1.807, 2.05) is 6.07 Å². The summed E-state index contributed by atoms with van der Waals surface area (Å²) in [6.45, 7) is 5.48. The highest BCUT2D eigenvalue weighted by molar-refractivity contribution is 6.30. The summed E-state index contributed by atoms with van der Waals surface area (Å²) >= 11 is 6.21. The van der Waals surface area contributed by atoms with Gasteiger partial charge < -0.3 is 15.5 Å². The maximum atomic E-state index is 6.21. The lowest BCUT2D eigenvalue weighted by atomic mass is 9.95. The van der Waals surface area contributed by atoms with E-state index < -0.39 is 0 Å². The van der Waals surface area contributed by atoms with Crippen LogP contribution in [0.5, 0.6) is 0 Å². The van der Waals surface area contributed by atoms with E-state index in [0.717, 1.165) is 30.5 Å². The molecule has 3 nitrogen and oxygen atoms in total. The molecule has 2 rings (SSSR count). The van der Waals surface area contributed by atoms with Crippen molar-refractivity contribution in [3.05, 3.63) is 28.8 Å². The molecule has 0 spiro atoms. The average Bonchev–Trinajstić information content (AvgIpc) is 2.40. The molecular formula is C17H28ClN3. The minimum atomic E-state index is 0.177. The Morgan fingerprint density at radius 3 is 2.57 bits per heavy atom. The SMILES string of the molecule is CC(N)Cc1ccc(Cl)cc1N1CCC(CN(C)C)CC1. The standard InChI is InChI=1S/C17H28ClN3/c1-13(19)10-15-4-5-16(18)11-17(15)21-8-6-14(7-9-21)12-20(2)3/h4-5,11,13-14H,6-10,12,19H2,1-3H3. The summed E-state index contributed by atoms with van der Waals surface area (Å²) in [4.78, 5) is 4.77. The van der Waals surface area contributed by atoms with Crippen LogP contribution in [0.4, 0.5) is 5.69 Å². The van der Waals surface area contributed by atoms with Crippen molar-refractivity contribution < 1.29 is 0 Å². The van der Waals surface area contributed by atoms with Crippen LogP contribution >= 0.6 is 11.6 Å². The van der Waals surface area contributed by atoms with Gasteiger partial charge in [-0.3, -0.25) is 0 Å². The second-order valence-electron chi connectivity index (χ2n) is 6.65. The minimum Gasteiger partial charge on any atom is -0.371 e. The molecule has 1 aliphatic rings. The molecule has 1 heterocycles. The van der Waals surface area contributed by atoms with Crippen LogP contribution in [0.2, 0.25) is 5.02 Å². The Morgan fingerprint density at radius 1 is 1.33 bits per heavy atom. The third-order valence-corrected chi connectivity index (χ3v) is 4.40. The summed E-state index contributed by atoms with van der Waals surface area (Å²) in [6, 6.07) is 6.39. The molecule has 0 radical (unpaired) electrons. The molecule has 21 heavy (non-hydrogen) atoms. The van der Waals surface area contributed by atoms with Gasteiger partial charge in [-0.15, -0.1) is 0 Å². The second-order valence-corrected chi connectivity index (χ2v) is 7.08. The van der Waals surface area contributed by atoms with Crippen LogP contribution in [0.1, 0.15) is 25.3 Å². The van der Waals surface area contributed by atoms with Crippen LogP contribution in [0.15, 0.2) is 18.2 Å². The average molecular weight is 310 g/mol. The lowest BCUT2D eigenvalue weighted by Crippen LogP contribution is -2.37. The summed E-state index contributed by atoms with van der Waals surface area (Å²) < 4.78 is 0. The summed E-state index contributed by atoms with van der Waals surface area (Å²) in [5, 5.41) is 0.814. The molecule has 2 N–H and O–H groups in total. The van der Waals surface area contributed by atoms with Crippen LogP contribution in [0, 0.1) is 5.92 Å². The van der Waals surface area contributed by atoms with Gasteiger partial charge in [0.15, 0.2) is 0 Å². The number of nitrogens with two attached hydrogens (primary N) is 1. The van der Waals surface area contributed by atoms with Gasteiger partial charge in [-0.2, -0.15) is 0 Å². The molecule has 0 saturated carbocycles. The molecule has 0 aromatic heterocycles. The predicted octanol–water partition coefficient (Wildman–Crippen LogP) is 3.01. The van der Waals surface area contributed by atoms with Crippen LogP contribution in [0.25, 0.3) is 0 Å². The highest BCUT2D eigenvalue weighted by Gasteiger charge is 2.21. The zero-order chi connectivity index (χ0) is 15.4. The Hall–Kier alpha value is -0.770. The maximum Gasteiger partial charge on any atom is 0.0426 e. The van der Waals surface area contributed by atoms with Crippen molar-refractivity contribution in [2.24, 2.45) is 11.7 Å². The molecule has 0 amide bonds. The van der Waals surface area contributed by atoms with Gasteiger partial charge in [0.25, 0.3) is 0 Å². The van der Waals surface area contributed by atoms with Crippen molar-refractivity contribution in [2.75, 3.05) is 38.6 Å². The molecule has 4 heteroatoms. The summed E-state index contributed by atoms with van der Waals surface area (Å²) in [5.74, 6) is 0.812. The molecule has 1 aromatic carbocycles. The van der Waals surface area contributed by atoms with E-state index in [0.29, 0.717) is 0 Å². The van der Waals surface area contributed by atoms with Gasteiger partial charge in [0.1, 0.15) is 0 Å². The topological polar surface area (TPSA) is 32.5 Å². The molecule has 0 bridgehead atoms. The van der Waals surface area contributed by atoms with E-state index in [1.165, 1.54) is 30.6 Å². The lowest BCUT2D eigenvalue weighted by Gasteiger charge is -2.36. The maximum absolute atomic E-state index is 6.21. The quantitative estimate of drug-likeness (QED) is 0.907. The highest BCUT2D eigenvalue weighted by atomic mass is 35.5. The fourth-order valence-electron chi connectivity index (χ4n) is 3.22. The van der Waals surface area contributed by atoms with Gasteiger partial charge >= 0.3 is 0 Å². The first-order valence-electron chi connectivity index (χ1n) is 7.89. The second kappa shape index (κ2) is 7.48. The molecule has 1 atom stereocenters. The third kappa shape index (κ3) is 4.87. The van der Waals surface area contributed by atoms with Crippen molar-refractivity contribution in [1.29, 1.82) is 0 Å².